The van der Waals surface area contributed by atoms with Gasteiger partial charge in [-0.05, 0) is 45.7 Å². The SMILES string of the molecule is CC(C)(C)OC(=O)N1CCC(C(=O)N2CCN(Cc3cc(=O)n4ccccc4n3)CC2)CC1. The largest absolute Gasteiger partial charge is 0.444 e. The van der Waals surface area contributed by atoms with Gasteiger partial charge in [-0.25, -0.2) is 9.78 Å². The Bertz CT molecular complexity index is 1060. The first-order chi connectivity index (χ1) is 15.7. The molecule has 178 valence electrons. The maximum absolute atomic E-state index is 13.0. The Labute approximate surface area is 193 Å². The van der Waals surface area contributed by atoms with E-state index in [1.54, 1.807) is 17.2 Å². The summed E-state index contributed by atoms with van der Waals surface area (Å²) in [6, 6.07) is 7.10. The van der Waals surface area contributed by atoms with Gasteiger partial charge in [-0.15, -0.1) is 0 Å². The number of piperazine rings is 1. The minimum absolute atomic E-state index is 0.0440. The summed E-state index contributed by atoms with van der Waals surface area (Å²) in [5.74, 6) is 0.137. The molecule has 2 fully saturated rings. The molecule has 0 atom stereocenters. The van der Waals surface area contributed by atoms with Crippen LogP contribution >= 0.6 is 0 Å². The van der Waals surface area contributed by atoms with Crippen molar-refractivity contribution in [3.05, 3.63) is 46.5 Å². The molecular weight excluding hydrogens is 422 g/mol. The summed E-state index contributed by atoms with van der Waals surface area (Å²) in [5.41, 5.74) is 0.800. The van der Waals surface area contributed by atoms with E-state index in [1.807, 2.05) is 43.9 Å². The smallest absolute Gasteiger partial charge is 0.410 e. The summed E-state index contributed by atoms with van der Waals surface area (Å²) in [6.07, 6.45) is 2.76. The summed E-state index contributed by atoms with van der Waals surface area (Å²) in [7, 11) is 0. The van der Waals surface area contributed by atoms with Crippen molar-refractivity contribution in [2.24, 2.45) is 5.92 Å². The third-order valence-electron chi connectivity index (χ3n) is 6.19. The molecule has 0 N–H and O–H groups in total. The normalized spacial score (nSPS) is 18.5. The van der Waals surface area contributed by atoms with Gasteiger partial charge in [-0.1, -0.05) is 6.07 Å². The highest BCUT2D eigenvalue weighted by Crippen LogP contribution is 2.22. The van der Waals surface area contributed by atoms with E-state index in [4.69, 9.17) is 4.74 Å². The number of aromatic nitrogens is 2. The van der Waals surface area contributed by atoms with E-state index in [0.29, 0.717) is 51.2 Å². The molecule has 9 nitrogen and oxygen atoms in total. The maximum atomic E-state index is 13.0. The van der Waals surface area contributed by atoms with Crippen molar-refractivity contribution in [3.8, 4) is 0 Å². The molecule has 2 aromatic rings. The second kappa shape index (κ2) is 9.51. The lowest BCUT2D eigenvalue weighted by Gasteiger charge is -2.38. The average molecular weight is 456 g/mol. The Morgan fingerprint density at radius 3 is 2.39 bits per heavy atom. The Morgan fingerprint density at radius 2 is 1.73 bits per heavy atom. The number of hydrogen-bond acceptors (Lipinski definition) is 6. The number of piperidine rings is 1. The second-order valence-corrected chi connectivity index (χ2v) is 9.86. The van der Waals surface area contributed by atoms with Gasteiger partial charge in [0.2, 0.25) is 5.91 Å². The van der Waals surface area contributed by atoms with Crippen molar-refractivity contribution in [2.45, 2.75) is 45.8 Å². The van der Waals surface area contributed by atoms with E-state index >= 15 is 0 Å². The summed E-state index contributed by atoms with van der Waals surface area (Å²) >= 11 is 0. The Kier molecular flexibility index (Phi) is 6.69. The fraction of sp³-hybridized carbons (Fsp3) is 0.583. The summed E-state index contributed by atoms with van der Waals surface area (Å²) in [5, 5.41) is 0. The van der Waals surface area contributed by atoms with Gasteiger partial charge in [0.25, 0.3) is 5.56 Å². The number of carbonyl (C=O) groups excluding carboxylic acids is 2. The first-order valence-electron chi connectivity index (χ1n) is 11.7. The third-order valence-corrected chi connectivity index (χ3v) is 6.19. The number of nitrogens with zero attached hydrogens (tertiary/aromatic N) is 5. The van der Waals surface area contributed by atoms with Crippen LogP contribution in [-0.4, -0.2) is 81.0 Å². The van der Waals surface area contributed by atoms with Crippen LogP contribution in [0.3, 0.4) is 0 Å². The lowest BCUT2D eigenvalue weighted by Crippen LogP contribution is -2.52. The molecule has 0 saturated carbocycles. The van der Waals surface area contributed by atoms with Gasteiger partial charge < -0.3 is 14.5 Å². The van der Waals surface area contributed by atoms with Crippen LogP contribution in [0.5, 0.6) is 0 Å². The van der Waals surface area contributed by atoms with Gasteiger partial charge in [0.1, 0.15) is 11.2 Å². The Hall–Kier alpha value is -2.94. The molecule has 2 aliphatic heterocycles. The van der Waals surface area contributed by atoms with Crippen LogP contribution in [0, 0.1) is 5.92 Å². The number of pyridine rings is 1. The fourth-order valence-corrected chi connectivity index (χ4v) is 4.43. The molecule has 4 heterocycles. The second-order valence-electron chi connectivity index (χ2n) is 9.86. The average Bonchev–Trinajstić information content (AvgIpc) is 2.78. The van der Waals surface area contributed by atoms with Crippen LogP contribution in [0.2, 0.25) is 0 Å². The van der Waals surface area contributed by atoms with Gasteiger partial charge in [-0.2, -0.15) is 0 Å². The van der Waals surface area contributed by atoms with E-state index in [1.165, 1.54) is 4.40 Å². The molecule has 2 aromatic heterocycles. The zero-order valence-electron chi connectivity index (χ0n) is 19.7. The van der Waals surface area contributed by atoms with Crippen molar-refractivity contribution < 1.29 is 14.3 Å². The zero-order chi connectivity index (χ0) is 23.6. The van der Waals surface area contributed by atoms with Gasteiger partial charge in [0, 0.05) is 64.0 Å². The number of rotatable bonds is 3. The molecule has 0 spiro atoms. The number of ether oxygens (including phenoxy) is 1. The number of amides is 2. The monoisotopic (exact) mass is 455 g/mol. The lowest BCUT2D eigenvalue weighted by molar-refractivity contribution is -0.139. The molecular formula is C24H33N5O4. The van der Waals surface area contributed by atoms with E-state index in [-0.39, 0.29) is 23.5 Å². The molecule has 0 radical (unpaired) electrons. The van der Waals surface area contributed by atoms with Gasteiger partial charge in [0.15, 0.2) is 0 Å². The molecule has 0 bridgehead atoms. The van der Waals surface area contributed by atoms with Crippen LogP contribution in [0.25, 0.3) is 5.65 Å². The van der Waals surface area contributed by atoms with Crippen molar-refractivity contribution in [1.82, 2.24) is 24.1 Å². The molecule has 2 amide bonds. The minimum atomic E-state index is -0.514. The van der Waals surface area contributed by atoms with Crippen LogP contribution < -0.4 is 5.56 Å². The molecule has 0 aliphatic carbocycles. The molecule has 4 rings (SSSR count). The van der Waals surface area contributed by atoms with E-state index in [2.05, 4.69) is 9.88 Å². The number of hydrogen-bond donors (Lipinski definition) is 0. The highest BCUT2D eigenvalue weighted by molar-refractivity contribution is 5.79. The standard InChI is InChI=1S/C24H33N5O4/c1-24(2,3)33-23(32)28-10-7-18(8-11-28)22(31)27-14-12-26(13-15-27)17-19-16-21(30)29-9-5-4-6-20(29)25-19/h4-6,9,16,18H,7-8,10-15,17H2,1-3H3. The van der Waals surface area contributed by atoms with E-state index in [9.17, 15) is 14.4 Å². The quantitative estimate of drug-likeness (QED) is 0.704. The van der Waals surface area contributed by atoms with Crippen molar-refractivity contribution in [1.29, 1.82) is 0 Å². The summed E-state index contributed by atoms with van der Waals surface area (Å²) < 4.78 is 6.98. The highest BCUT2D eigenvalue weighted by Gasteiger charge is 2.33. The Morgan fingerprint density at radius 1 is 1.03 bits per heavy atom. The predicted octanol–water partition coefficient (Wildman–Crippen LogP) is 1.99. The Balaban J connectivity index is 1.26. The number of fused-ring (bicyclic) bond motifs is 1. The molecule has 2 aliphatic rings. The van der Waals surface area contributed by atoms with Gasteiger partial charge in [0.05, 0.1) is 5.69 Å². The molecule has 9 heteroatoms. The molecule has 2 saturated heterocycles. The molecule has 0 aromatic carbocycles. The van der Waals surface area contributed by atoms with Crippen LogP contribution in [-0.2, 0) is 16.1 Å². The maximum Gasteiger partial charge on any atom is 0.410 e. The fourth-order valence-electron chi connectivity index (χ4n) is 4.43. The zero-order valence-corrected chi connectivity index (χ0v) is 19.7. The topological polar surface area (TPSA) is 87.5 Å². The number of likely N-dealkylation sites (tertiary alicyclic amines) is 1. The molecule has 0 unspecified atom stereocenters. The lowest BCUT2D eigenvalue weighted by atomic mass is 9.95. The minimum Gasteiger partial charge on any atom is -0.444 e. The van der Waals surface area contributed by atoms with Crippen molar-refractivity contribution in [3.63, 3.8) is 0 Å². The summed E-state index contributed by atoms with van der Waals surface area (Å²) in [6.45, 7) is 10.1. The molecule has 33 heavy (non-hydrogen) atoms. The van der Waals surface area contributed by atoms with Crippen molar-refractivity contribution in [2.75, 3.05) is 39.3 Å². The number of carbonyl (C=O) groups is 2. The van der Waals surface area contributed by atoms with Crippen molar-refractivity contribution >= 4 is 17.6 Å². The van der Waals surface area contributed by atoms with E-state index < -0.39 is 5.60 Å². The highest BCUT2D eigenvalue weighted by atomic mass is 16.6. The third kappa shape index (κ3) is 5.71. The predicted molar refractivity (Wildman–Crippen MR) is 124 cm³/mol. The van der Waals surface area contributed by atoms with Gasteiger partial charge in [-0.3, -0.25) is 18.9 Å². The van der Waals surface area contributed by atoms with Gasteiger partial charge >= 0.3 is 6.09 Å². The first kappa shape index (κ1) is 23.2. The summed E-state index contributed by atoms with van der Waals surface area (Å²) in [4.78, 5) is 48.1. The van der Waals surface area contributed by atoms with Crippen LogP contribution in [0.1, 0.15) is 39.3 Å². The van der Waals surface area contributed by atoms with Crippen LogP contribution in [0.4, 0.5) is 4.79 Å². The first-order valence-corrected chi connectivity index (χ1v) is 11.7. The van der Waals surface area contributed by atoms with E-state index in [0.717, 1.165) is 18.8 Å². The van der Waals surface area contributed by atoms with Crippen LogP contribution in [0.15, 0.2) is 35.3 Å².